The van der Waals surface area contributed by atoms with Crippen molar-refractivity contribution in [3.63, 3.8) is 0 Å². The first-order chi connectivity index (χ1) is 13.0. The maximum absolute atomic E-state index is 12.2. The van der Waals surface area contributed by atoms with Gasteiger partial charge in [0.1, 0.15) is 5.75 Å². The van der Waals surface area contributed by atoms with Gasteiger partial charge >= 0.3 is 12.1 Å². The van der Waals surface area contributed by atoms with E-state index in [0.717, 1.165) is 23.1 Å². The molecule has 154 valence electrons. The monoisotopic (exact) mass is 420 g/mol. The Kier molecular flexibility index (Phi) is 8.51. The third-order valence-electron chi connectivity index (χ3n) is 3.34. The van der Waals surface area contributed by atoms with Crippen LogP contribution in [0.25, 0.3) is 6.08 Å². The van der Waals surface area contributed by atoms with E-state index in [0.29, 0.717) is 11.5 Å². The molecule has 7 nitrogen and oxygen atoms in total. The summed E-state index contributed by atoms with van der Waals surface area (Å²) in [6, 6.07) is 7.09. The van der Waals surface area contributed by atoms with E-state index in [-0.39, 0.29) is 23.7 Å². The van der Waals surface area contributed by atoms with E-state index in [1.165, 1.54) is 4.90 Å². The third-order valence-corrected chi connectivity index (χ3v) is 4.22. The molecule has 0 radical (unpaired) electrons. The lowest BCUT2D eigenvalue weighted by Gasteiger charge is -2.19. The van der Waals surface area contributed by atoms with Gasteiger partial charge in [0.2, 0.25) is 0 Å². The molecular weight excluding hydrogens is 401 g/mol. The molecule has 28 heavy (non-hydrogen) atoms. The SMILES string of the molecule is CCOc1ccc(/C=C2\SC(=O)N(C(C)CN)C2=O)cc1.O=C(O)C(F)(F)F. The second kappa shape index (κ2) is 10.1. The molecule has 1 unspecified atom stereocenters. The molecule has 1 aromatic carbocycles. The maximum Gasteiger partial charge on any atom is 0.490 e. The zero-order valence-corrected chi connectivity index (χ0v) is 15.8. The quantitative estimate of drug-likeness (QED) is 0.705. The number of imide groups is 1. The molecule has 3 N–H and O–H groups in total. The first-order valence-corrected chi connectivity index (χ1v) is 8.83. The van der Waals surface area contributed by atoms with Gasteiger partial charge in [-0.2, -0.15) is 13.2 Å². The minimum absolute atomic E-state index is 0.258. The normalized spacial score (nSPS) is 16.6. The summed E-state index contributed by atoms with van der Waals surface area (Å²) in [5.41, 5.74) is 6.38. The number of benzene rings is 1. The highest BCUT2D eigenvalue weighted by atomic mass is 32.2. The number of hydrogen-bond donors (Lipinski definition) is 2. The van der Waals surface area contributed by atoms with Crippen LogP contribution in [0, 0.1) is 0 Å². The Morgan fingerprint density at radius 3 is 2.29 bits per heavy atom. The van der Waals surface area contributed by atoms with Crippen LogP contribution in [0.4, 0.5) is 18.0 Å². The summed E-state index contributed by atoms with van der Waals surface area (Å²) >= 11 is 0.947. The van der Waals surface area contributed by atoms with Crippen molar-refractivity contribution in [2.75, 3.05) is 13.2 Å². The lowest BCUT2D eigenvalue weighted by molar-refractivity contribution is -0.192. The number of alkyl halides is 3. The van der Waals surface area contributed by atoms with Crippen LogP contribution in [0.2, 0.25) is 0 Å². The molecule has 1 atom stereocenters. The minimum atomic E-state index is -5.08. The van der Waals surface area contributed by atoms with Crippen LogP contribution in [-0.2, 0) is 9.59 Å². The topological polar surface area (TPSA) is 110 Å². The summed E-state index contributed by atoms with van der Waals surface area (Å²) < 4.78 is 37.1. The zero-order chi connectivity index (χ0) is 21.5. The molecule has 1 heterocycles. The molecule has 0 aliphatic carbocycles. The number of carbonyl (C=O) groups is 3. The predicted octanol–water partition coefficient (Wildman–Crippen LogP) is 3.10. The van der Waals surface area contributed by atoms with Crippen LogP contribution in [0.3, 0.4) is 0 Å². The first kappa shape index (κ1) is 23.5. The van der Waals surface area contributed by atoms with Crippen LogP contribution in [0.15, 0.2) is 29.2 Å². The van der Waals surface area contributed by atoms with Crippen molar-refractivity contribution in [3.8, 4) is 5.75 Å². The van der Waals surface area contributed by atoms with Crippen LogP contribution in [-0.4, -0.2) is 52.5 Å². The van der Waals surface area contributed by atoms with Crippen molar-refractivity contribution in [1.29, 1.82) is 0 Å². The van der Waals surface area contributed by atoms with Crippen molar-refractivity contribution in [1.82, 2.24) is 4.90 Å². The molecule has 0 spiro atoms. The van der Waals surface area contributed by atoms with Gasteiger partial charge in [-0.05, 0) is 49.4 Å². The lowest BCUT2D eigenvalue weighted by Crippen LogP contribution is -2.41. The average Bonchev–Trinajstić information content (AvgIpc) is 2.89. The van der Waals surface area contributed by atoms with Gasteiger partial charge < -0.3 is 15.6 Å². The van der Waals surface area contributed by atoms with Crippen LogP contribution in [0.5, 0.6) is 5.75 Å². The highest BCUT2D eigenvalue weighted by molar-refractivity contribution is 8.18. The van der Waals surface area contributed by atoms with E-state index in [2.05, 4.69) is 0 Å². The summed E-state index contributed by atoms with van der Waals surface area (Å²) in [5.74, 6) is -2.26. The Labute approximate surface area is 163 Å². The smallest absolute Gasteiger partial charge is 0.490 e. The second-order valence-corrected chi connectivity index (χ2v) is 6.43. The largest absolute Gasteiger partial charge is 0.494 e. The lowest BCUT2D eigenvalue weighted by atomic mass is 10.2. The molecule has 1 saturated heterocycles. The second-order valence-electron chi connectivity index (χ2n) is 5.44. The van der Waals surface area contributed by atoms with Gasteiger partial charge in [0.05, 0.1) is 17.6 Å². The Balaban J connectivity index is 0.000000480. The number of hydrogen-bond acceptors (Lipinski definition) is 6. The number of carboxylic acids is 1. The van der Waals surface area contributed by atoms with E-state index in [1.54, 1.807) is 13.0 Å². The molecule has 11 heteroatoms. The van der Waals surface area contributed by atoms with E-state index < -0.39 is 12.1 Å². The van der Waals surface area contributed by atoms with Crippen molar-refractivity contribution in [2.45, 2.75) is 26.1 Å². The fourth-order valence-corrected chi connectivity index (χ4v) is 2.87. The van der Waals surface area contributed by atoms with Crippen molar-refractivity contribution in [2.24, 2.45) is 5.73 Å². The van der Waals surface area contributed by atoms with Crippen molar-refractivity contribution in [3.05, 3.63) is 34.7 Å². The van der Waals surface area contributed by atoms with Gasteiger partial charge in [-0.15, -0.1) is 0 Å². The summed E-state index contributed by atoms with van der Waals surface area (Å²) in [7, 11) is 0. The third kappa shape index (κ3) is 6.57. The van der Waals surface area contributed by atoms with Crippen molar-refractivity contribution >= 4 is 35.0 Å². The molecule has 1 aromatic rings. The molecule has 0 aromatic heterocycles. The van der Waals surface area contributed by atoms with E-state index in [4.69, 9.17) is 20.4 Å². The standard InChI is InChI=1S/C15H18N2O3S.C2HF3O2/c1-3-20-12-6-4-11(5-7-12)8-13-14(18)17(10(2)9-16)15(19)21-13;3-2(4,5)1(6)7/h4-8,10H,3,9,16H2,1-2H3;(H,6,7)/b13-8-;. The van der Waals surface area contributed by atoms with Crippen molar-refractivity contribution < 1.29 is 37.4 Å². The predicted molar refractivity (Wildman–Crippen MR) is 97.6 cm³/mol. The van der Waals surface area contributed by atoms with E-state index in [9.17, 15) is 22.8 Å². The highest BCUT2D eigenvalue weighted by Gasteiger charge is 2.38. The number of nitrogens with two attached hydrogens (primary N) is 1. The van der Waals surface area contributed by atoms with Crippen LogP contribution >= 0.6 is 11.8 Å². The number of ether oxygens (including phenoxy) is 1. The molecule has 1 aliphatic heterocycles. The fraction of sp³-hybridized carbons (Fsp3) is 0.353. The highest BCUT2D eigenvalue weighted by Crippen LogP contribution is 2.33. The van der Waals surface area contributed by atoms with Gasteiger partial charge in [-0.1, -0.05) is 12.1 Å². The Morgan fingerprint density at radius 2 is 1.86 bits per heavy atom. The number of carbonyl (C=O) groups excluding carboxylic acids is 2. The van der Waals surface area contributed by atoms with Gasteiger partial charge in [0, 0.05) is 6.54 Å². The number of carboxylic acid groups (broad SMARTS) is 1. The zero-order valence-electron chi connectivity index (χ0n) is 15.0. The summed E-state index contributed by atoms with van der Waals surface area (Å²) in [5, 5.41) is 6.86. The number of amides is 2. The van der Waals surface area contributed by atoms with Crippen LogP contribution in [0.1, 0.15) is 19.4 Å². The van der Waals surface area contributed by atoms with Gasteiger partial charge in [0.25, 0.3) is 11.1 Å². The van der Waals surface area contributed by atoms with E-state index in [1.807, 2.05) is 31.2 Å². The number of nitrogens with zero attached hydrogens (tertiary/aromatic N) is 1. The van der Waals surface area contributed by atoms with Gasteiger partial charge in [-0.25, -0.2) is 4.79 Å². The fourth-order valence-electron chi connectivity index (χ4n) is 1.94. The molecule has 2 rings (SSSR count). The van der Waals surface area contributed by atoms with Crippen LogP contribution < -0.4 is 10.5 Å². The number of aliphatic carboxylic acids is 1. The average molecular weight is 420 g/mol. The molecular formula is C17H19F3N2O5S. The van der Waals surface area contributed by atoms with Gasteiger partial charge in [0.15, 0.2) is 0 Å². The molecule has 1 fully saturated rings. The number of rotatable bonds is 5. The Hall–Kier alpha value is -2.53. The Morgan fingerprint density at radius 1 is 1.32 bits per heavy atom. The molecule has 2 amide bonds. The summed E-state index contributed by atoms with van der Waals surface area (Å²) in [6.45, 7) is 4.54. The molecule has 1 aliphatic rings. The molecule has 0 saturated carbocycles. The van der Waals surface area contributed by atoms with Gasteiger partial charge in [-0.3, -0.25) is 14.5 Å². The Bertz CT molecular complexity index is 750. The number of thioether (sulfide) groups is 1. The molecule has 0 bridgehead atoms. The first-order valence-electron chi connectivity index (χ1n) is 8.01. The maximum atomic E-state index is 12.2. The van der Waals surface area contributed by atoms with E-state index >= 15 is 0 Å². The number of halogens is 3. The summed E-state index contributed by atoms with van der Waals surface area (Å²) in [4.78, 5) is 34.6. The summed E-state index contributed by atoms with van der Waals surface area (Å²) in [6.07, 6.45) is -3.37. The minimum Gasteiger partial charge on any atom is -0.494 e.